The highest BCUT2D eigenvalue weighted by molar-refractivity contribution is 9.10. The van der Waals surface area contributed by atoms with Gasteiger partial charge < -0.3 is 9.73 Å². The lowest BCUT2D eigenvalue weighted by atomic mass is 10.2. The normalized spacial score (nSPS) is 9.89. The van der Waals surface area contributed by atoms with E-state index in [-0.39, 0.29) is 11.3 Å². The van der Waals surface area contributed by atoms with Gasteiger partial charge in [0.2, 0.25) is 0 Å². The molecule has 0 aliphatic heterocycles. The van der Waals surface area contributed by atoms with Crippen LogP contribution in [0, 0.1) is 21.4 Å². The third-order valence-electron chi connectivity index (χ3n) is 2.41. The molecule has 2 rings (SSSR count). The van der Waals surface area contributed by atoms with E-state index in [1.807, 2.05) is 6.07 Å². The van der Waals surface area contributed by atoms with Gasteiger partial charge in [0.05, 0.1) is 23.1 Å². The number of rotatable bonds is 4. The smallest absolute Gasteiger partial charge is 0.293 e. The van der Waals surface area contributed by atoms with E-state index in [2.05, 4.69) is 21.2 Å². The van der Waals surface area contributed by atoms with Gasteiger partial charge in [-0.2, -0.15) is 5.26 Å². The van der Waals surface area contributed by atoms with Gasteiger partial charge in [-0.25, -0.2) is 0 Å². The third-order valence-corrected chi connectivity index (χ3v) is 2.83. The average Bonchev–Trinajstić information content (AvgIpc) is 2.82. The molecule has 0 aliphatic rings. The van der Waals surface area contributed by atoms with Crippen molar-refractivity contribution < 1.29 is 9.34 Å². The Labute approximate surface area is 116 Å². The Hall–Kier alpha value is -2.33. The molecule has 96 valence electrons. The quantitative estimate of drug-likeness (QED) is 0.687. The van der Waals surface area contributed by atoms with E-state index in [1.165, 1.54) is 18.2 Å². The second-order valence-electron chi connectivity index (χ2n) is 3.66. The Balaban J connectivity index is 2.20. The minimum Gasteiger partial charge on any atom is -0.452 e. The summed E-state index contributed by atoms with van der Waals surface area (Å²) in [7, 11) is 0. The molecule has 6 nitrogen and oxygen atoms in total. The van der Waals surface area contributed by atoms with Crippen LogP contribution in [0.4, 0.5) is 11.4 Å². The van der Waals surface area contributed by atoms with Crippen LogP contribution < -0.4 is 5.32 Å². The predicted octanol–water partition coefficient (Wildman–Crippen LogP) is 3.43. The maximum absolute atomic E-state index is 10.9. The van der Waals surface area contributed by atoms with Crippen molar-refractivity contribution >= 4 is 27.3 Å². The highest BCUT2D eigenvalue weighted by atomic mass is 79.9. The number of nitrogens with zero attached hydrogens (tertiary/aromatic N) is 2. The van der Waals surface area contributed by atoms with Crippen molar-refractivity contribution in [3.05, 3.63) is 56.4 Å². The van der Waals surface area contributed by atoms with E-state index in [0.29, 0.717) is 22.7 Å². The van der Waals surface area contributed by atoms with E-state index >= 15 is 0 Å². The first kappa shape index (κ1) is 13.1. The fraction of sp³-hybridized carbons (Fsp3) is 0.0833. The van der Waals surface area contributed by atoms with Gasteiger partial charge in [0, 0.05) is 6.07 Å². The number of anilines is 1. The summed E-state index contributed by atoms with van der Waals surface area (Å²) >= 11 is 3.18. The number of nitro groups is 1. The first-order chi connectivity index (χ1) is 9.10. The second kappa shape index (κ2) is 5.54. The molecule has 1 N–H and O–H groups in total. The molecule has 0 unspecified atom stereocenters. The summed E-state index contributed by atoms with van der Waals surface area (Å²) in [5.74, 6) is 0.644. The summed E-state index contributed by atoms with van der Waals surface area (Å²) in [6, 6.07) is 9.63. The van der Waals surface area contributed by atoms with Gasteiger partial charge in [0.15, 0.2) is 4.67 Å². The molecule has 7 heteroatoms. The van der Waals surface area contributed by atoms with Crippen molar-refractivity contribution in [2.24, 2.45) is 0 Å². The first-order valence-electron chi connectivity index (χ1n) is 5.27. The van der Waals surface area contributed by atoms with Crippen LogP contribution >= 0.6 is 15.9 Å². The number of benzene rings is 1. The van der Waals surface area contributed by atoms with Crippen LogP contribution in [0.25, 0.3) is 0 Å². The molecule has 0 saturated carbocycles. The Kier molecular flexibility index (Phi) is 3.82. The lowest BCUT2D eigenvalue weighted by Crippen LogP contribution is -2.02. The van der Waals surface area contributed by atoms with Gasteiger partial charge in [-0.05, 0) is 40.2 Å². The molecule has 0 atom stereocenters. The average molecular weight is 322 g/mol. The molecule has 0 spiro atoms. The summed E-state index contributed by atoms with van der Waals surface area (Å²) < 4.78 is 5.88. The molecule has 2 aromatic rings. The lowest BCUT2D eigenvalue weighted by Gasteiger charge is -2.05. The molecule has 0 saturated heterocycles. The number of nitriles is 1. The van der Waals surface area contributed by atoms with Crippen LogP contribution in [0.3, 0.4) is 0 Å². The summed E-state index contributed by atoms with van der Waals surface area (Å²) in [4.78, 5) is 10.4. The summed E-state index contributed by atoms with van der Waals surface area (Å²) in [6.45, 7) is 0.318. The Morgan fingerprint density at radius 2 is 2.21 bits per heavy atom. The van der Waals surface area contributed by atoms with Crippen LogP contribution in [-0.2, 0) is 6.54 Å². The number of furan rings is 1. The van der Waals surface area contributed by atoms with Crippen molar-refractivity contribution in [2.75, 3.05) is 5.32 Å². The second-order valence-corrected chi connectivity index (χ2v) is 4.44. The molecule has 0 bridgehead atoms. The van der Waals surface area contributed by atoms with Crippen LogP contribution in [0.5, 0.6) is 0 Å². The predicted molar refractivity (Wildman–Crippen MR) is 71.5 cm³/mol. The van der Waals surface area contributed by atoms with Crippen LogP contribution in [-0.4, -0.2) is 4.92 Å². The van der Waals surface area contributed by atoms with Gasteiger partial charge >= 0.3 is 0 Å². The largest absolute Gasteiger partial charge is 0.452 e. The van der Waals surface area contributed by atoms with E-state index in [9.17, 15) is 10.1 Å². The third kappa shape index (κ3) is 3.11. The van der Waals surface area contributed by atoms with Crippen molar-refractivity contribution in [3.8, 4) is 6.07 Å². The zero-order valence-corrected chi connectivity index (χ0v) is 11.2. The van der Waals surface area contributed by atoms with E-state index < -0.39 is 4.92 Å². The molecule has 0 fully saturated rings. The molecule has 19 heavy (non-hydrogen) atoms. The van der Waals surface area contributed by atoms with Crippen molar-refractivity contribution in [3.63, 3.8) is 0 Å². The maximum atomic E-state index is 10.9. The molecule has 1 aromatic heterocycles. The minimum atomic E-state index is -0.527. The first-order valence-corrected chi connectivity index (χ1v) is 6.06. The monoisotopic (exact) mass is 321 g/mol. The van der Waals surface area contributed by atoms with Crippen molar-refractivity contribution in [1.82, 2.24) is 0 Å². The van der Waals surface area contributed by atoms with Crippen molar-refractivity contribution in [2.45, 2.75) is 6.54 Å². The SMILES string of the molecule is N#Cc1ccc(NCc2ccc(Br)o2)c([N+](=O)[O-])c1. The van der Waals surface area contributed by atoms with Gasteiger partial charge in [-0.1, -0.05) is 0 Å². The van der Waals surface area contributed by atoms with Gasteiger partial charge in [0.1, 0.15) is 11.4 Å². The van der Waals surface area contributed by atoms with Gasteiger partial charge in [0.25, 0.3) is 5.69 Å². The molecule has 0 radical (unpaired) electrons. The Morgan fingerprint density at radius 1 is 1.42 bits per heavy atom. The standard InChI is InChI=1S/C12H8BrN3O3/c13-12-4-2-9(19-12)7-15-10-3-1-8(6-14)5-11(10)16(17)18/h1-5,15H,7H2. The number of nitrogens with one attached hydrogen (secondary N) is 1. The summed E-state index contributed by atoms with van der Waals surface area (Å²) in [5.41, 5.74) is 0.458. The van der Waals surface area contributed by atoms with E-state index in [0.717, 1.165) is 0 Å². The topological polar surface area (TPSA) is 92.1 Å². The van der Waals surface area contributed by atoms with Gasteiger partial charge in [-0.3, -0.25) is 10.1 Å². The highest BCUT2D eigenvalue weighted by Gasteiger charge is 2.14. The molecule has 1 heterocycles. The van der Waals surface area contributed by atoms with E-state index in [1.54, 1.807) is 12.1 Å². The molecule has 0 amide bonds. The van der Waals surface area contributed by atoms with Crippen LogP contribution in [0.1, 0.15) is 11.3 Å². The fourth-order valence-electron chi connectivity index (χ4n) is 1.53. The highest BCUT2D eigenvalue weighted by Crippen LogP contribution is 2.26. The zero-order chi connectivity index (χ0) is 13.8. The van der Waals surface area contributed by atoms with Crippen molar-refractivity contribution in [1.29, 1.82) is 5.26 Å². The number of hydrogen-bond donors (Lipinski definition) is 1. The van der Waals surface area contributed by atoms with Crippen LogP contribution in [0.2, 0.25) is 0 Å². The van der Waals surface area contributed by atoms with Gasteiger partial charge in [-0.15, -0.1) is 0 Å². The zero-order valence-electron chi connectivity index (χ0n) is 9.59. The maximum Gasteiger partial charge on any atom is 0.293 e. The fourth-order valence-corrected chi connectivity index (χ4v) is 1.87. The number of halogens is 1. The minimum absolute atomic E-state index is 0.135. The molecular weight excluding hydrogens is 314 g/mol. The molecule has 0 aliphatic carbocycles. The number of hydrogen-bond acceptors (Lipinski definition) is 5. The Morgan fingerprint density at radius 3 is 2.79 bits per heavy atom. The summed E-state index contributed by atoms with van der Waals surface area (Å²) in [6.07, 6.45) is 0. The molecular formula is C12H8BrN3O3. The van der Waals surface area contributed by atoms with E-state index in [4.69, 9.17) is 9.68 Å². The number of nitro benzene ring substituents is 1. The lowest BCUT2D eigenvalue weighted by molar-refractivity contribution is -0.384. The van der Waals surface area contributed by atoms with Crippen LogP contribution in [0.15, 0.2) is 39.4 Å². The summed E-state index contributed by atoms with van der Waals surface area (Å²) in [5, 5.41) is 22.6. The molecule has 1 aromatic carbocycles. The Bertz CT molecular complexity index is 660.